The van der Waals surface area contributed by atoms with E-state index in [1.54, 1.807) is 12.1 Å². The highest BCUT2D eigenvalue weighted by Crippen LogP contribution is 2.21. The van der Waals surface area contributed by atoms with Gasteiger partial charge < -0.3 is 20.2 Å². The molecule has 0 radical (unpaired) electrons. The van der Waals surface area contributed by atoms with Gasteiger partial charge >= 0.3 is 0 Å². The topological polar surface area (TPSA) is 132 Å². The Morgan fingerprint density at radius 3 is 2.29 bits per heavy atom. The van der Waals surface area contributed by atoms with Crippen molar-refractivity contribution in [2.45, 2.75) is 11.4 Å². The van der Waals surface area contributed by atoms with Crippen LogP contribution < -0.4 is 15.8 Å². The molecule has 9 nitrogen and oxygen atoms in total. The van der Waals surface area contributed by atoms with E-state index in [1.165, 1.54) is 61.9 Å². The van der Waals surface area contributed by atoms with E-state index >= 15 is 0 Å². The number of benzene rings is 2. The number of carbonyl (C=O) groups is 2. The summed E-state index contributed by atoms with van der Waals surface area (Å²) in [5.41, 5.74) is 5.89. The average Bonchev–Trinajstić information content (AvgIpc) is 3.27. The molecule has 3 aromatic rings. The van der Waals surface area contributed by atoms with Crippen molar-refractivity contribution in [2.24, 2.45) is 5.73 Å². The van der Waals surface area contributed by atoms with Crippen LogP contribution in [0.2, 0.25) is 0 Å². The van der Waals surface area contributed by atoms with Crippen LogP contribution in [-0.4, -0.2) is 38.2 Å². The molecule has 2 amide bonds. The van der Waals surface area contributed by atoms with Crippen molar-refractivity contribution in [3.05, 3.63) is 78.3 Å². The molecule has 0 atom stereocenters. The SMILES string of the molecule is COc1ccc(S(=O)(=O)N(CC(=O)Nc2ccc(C(N)=O)cc2)Cc2ccco2)cc1. The number of nitrogens with zero attached hydrogens (tertiary/aromatic N) is 1. The predicted molar refractivity (Wildman–Crippen MR) is 113 cm³/mol. The van der Waals surface area contributed by atoms with Crippen LogP contribution in [0.15, 0.2) is 76.2 Å². The number of hydrogen-bond donors (Lipinski definition) is 2. The number of hydrogen-bond acceptors (Lipinski definition) is 6. The highest BCUT2D eigenvalue weighted by molar-refractivity contribution is 7.89. The Hall–Kier alpha value is -3.63. The Bertz CT molecular complexity index is 1140. The zero-order chi connectivity index (χ0) is 22.4. The van der Waals surface area contributed by atoms with E-state index in [4.69, 9.17) is 14.9 Å². The fourth-order valence-corrected chi connectivity index (χ4v) is 4.14. The van der Waals surface area contributed by atoms with Crippen LogP contribution in [0.4, 0.5) is 5.69 Å². The van der Waals surface area contributed by atoms with Crippen LogP contribution in [0.5, 0.6) is 5.75 Å². The zero-order valence-electron chi connectivity index (χ0n) is 16.6. The maximum absolute atomic E-state index is 13.2. The van der Waals surface area contributed by atoms with Crippen molar-refractivity contribution in [2.75, 3.05) is 19.0 Å². The summed E-state index contributed by atoms with van der Waals surface area (Å²) in [6, 6.07) is 15.1. The quantitative estimate of drug-likeness (QED) is 0.521. The van der Waals surface area contributed by atoms with Crippen LogP contribution in [0, 0.1) is 0 Å². The van der Waals surface area contributed by atoms with Crippen molar-refractivity contribution in [1.82, 2.24) is 4.31 Å². The molecule has 0 saturated carbocycles. The van der Waals surface area contributed by atoms with E-state index in [2.05, 4.69) is 5.32 Å². The number of carbonyl (C=O) groups excluding carboxylic acids is 2. The number of furan rings is 1. The van der Waals surface area contributed by atoms with Gasteiger partial charge in [-0.2, -0.15) is 4.31 Å². The van der Waals surface area contributed by atoms with E-state index in [1.807, 2.05) is 0 Å². The van der Waals surface area contributed by atoms with Gasteiger partial charge in [0.2, 0.25) is 21.8 Å². The molecule has 1 heterocycles. The molecule has 10 heteroatoms. The molecule has 3 rings (SSSR count). The lowest BCUT2D eigenvalue weighted by Crippen LogP contribution is -2.37. The van der Waals surface area contributed by atoms with E-state index in [9.17, 15) is 18.0 Å². The highest BCUT2D eigenvalue weighted by atomic mass is 32.2. The number of ether oxygens (including phenoxy) is 1. The number of methoxy groups -OCH3 is 1. The van der Waals surface area contributed by atoms with Gasteiger partial charge in [-0.05, 0) is 60.7 Å². The summed E-state index contributed by atoms with van der Waals surface area (Å²) < 4.78 is 37.7. The van der Waals surface area contributed by atoms with Crippen LogP contribution in [0.1, 0.15) is 16.1 Å². The van der Waals surface area contributed by atoms with Crippen molar-refractivity contribution in [1.29, 1.82) is 0 Å². The maximum atomic E-state index is 13.2. The largest absolute Gasteiger partial charge is 0.497 e. The molecule has 1 aromatic heterocycles. The average molecular weight is 443 g/mol. The minimum atomic E-state index is -4.01. The van der Waals surface area contributed by atoms with E-state index in [0.29, 0.717) is 22.8 Å². The zero-order valence-corrected chi connectivity index (χ0v) is 17.5. The summed E-state index contributed by atoms with van der Waals surface area (Å²) in [6.45, 7) is -0.581. The molecule has 0 aliphatic rings. The molecule has 162 valence electrons. The number of nitrogens with one attached hydrogen (secondary N) is 1. The second-order valence-corrected chi connectivity index (χ2v) is 8.46. The summed E-state index contributed by atoms with van der Waals surface area (Å²) in [7, 11) is -2.53. The highest BCUT2D eigenvalue weighted by Gasteiger charge is 2.28. The number of amides is 2. The molecular weight excluding hydrogens is 422 g/mol. The number of sulfonamides is 1. The summed E-state index contributed by atoms with van der Waals surface area (Å²) in [4.78, 5) is 23.8. The number of anilines is 1. The predicted octanol–water partition coefficient (Wildman–Crippen LogP) is 2.22. The molecule has 0 aliphatic heterocycles. The van der Waals surface area contributed by atoms with Gasteiger partial charge in [0, 0.05) is 11.3 Å². The molecule has 0 spiro atoms. The van der Waals surface area contributed by atoms with Crippen molar-refractivity contribution in [3.63, 3.8) is 0 Å². The summed E-state index contributed by atoms with van der Waals surface area (Å²) in [5, 5.41) is 2.61. The third kappa shape index (κ3) is 5.50. The monoisotopic (exact) mass is 443 g/mol. The fourth-order valence-electron chi connectivity index (χ4n) is 2.78. The van der Waals surface area contributed by atoms with Gasteiger partial charge in [-0.15, -0.1) is 0 Å². The lowest BCUT2D eigenvalue weighted by atomic mass is 10.2. The Morgan fingerprint density at radius 1 is 1.06 bits per heavy atom. The second kappa shape index (κ2) is 9.45. The molecule has 2 aromatic carbocycles. The fraction of sp³-hybridized carbons (Fsp3) is 0.143. The number of nitrogens with two attached hydrogens (primary N) is 1. The standard InChI is InChI=1S/C21H21N3O6S/c1-29-17-8-10-19(11-9-17)31(27,28)24(13-18-3-2-12-30-18)14-20(25)23-16-6-4-15(5-7-16)21(22)26/h2-12H,13-14H2,1H3,(H2,22,26)(H,23,25). The molecule has 0 saturated heterocycles. The van der Waals surface area contributed by atoms with Crippen LogP contribution in [0.3, 0.4) is 0 Å². The lowest BCUT2D eigenvalue weighted by molar-refractivity contribution is -0.116. The van der Waals surface area contributed by atoms with Crippen LogP contribution in [0.25, 0.3) is 0 Å². The van der Waals surface area contributed by atoms with Crippen LogP contribution in [-0.2, 0) is 21.4 Å². The molecule has 0 aliphatic carbocycles. The molecule has 0 unspecified atom stereocenters. The van der Waals surface area contributed by atoms with Gasteiger partial charge in [-0.3, -0.25) is 9.59 Å². The van der Waals surface area contributed by atoms with E-state index < -0.39 is 28.4 Å². The first-order chi connectivity index (χ1) is 14.8. The minimum Gasteiger partial charge on any atom is -0.497 e. The molecular formula is C21H21N3O6S. The Balaban J connectivity index is 1.80. The van der Waals surface area contributed by atoms with Crippen molar-refractivity contribution in [3.8, 4) is 5.75 Å². The lowest BCUT2D eigenvalue weighted by Gasteiger charge is -2.21. The van der Waals surface area contributed by atoms with Gasteiger partial charge in [-0.25, -0.2) is 8.42 Å². The van der Waals surface area contributed by atoms with Gasteiger partial charge in [0.05, 0.1) is 31.4 Å². The third-order valence-corrected chi connectivity index (χ3v) is 6.19. The number of rotatable bonds is 9. The molecule has 0 fully saturated rings. The maximum Gasteiger partial charge on any atom is 0.248 e. The smallest absolute Gasteiger partial charge is 0.248 e. The third-order valence-electron chi connectivity index (χ3n) is 4.38. The van der Waals surface area contributed by atoms with Gasteiger partial charge in [0.25, 0.3) is 0 Å². The van der Waals surface area contributed by atoms with Gasteiger partial charge in [0.15, 0.2) is 0 Å². The summed E-state index contributed by atoms with van der Waals surface area (Å²) >= 11 is 0. The summed E-state index contributed by atoms with van der Waals surface area (Å²) in [5.74, 6) is -0.257. The first kappa shape index (κ1) is 22.1. The van der Waals surface area contributed by atoms with Crippen molar-refractivity contribution < 1.29 is 27.2 Å². The Labute approximate surface area is 179 Å². The first-order valence-electron chi connectivity index (χ1n) is 9.16. The van der Waals surface area contributed by atoms with Gasteiger partial charge in [-0.1, -0.05) is 0 Å². The minimum absolute atomic E-state index is 0.0125. The molecule has 0 bridgehead atoms. The van der Waals surface area contributed by atoms with E-state index in [0.717, 1.165) is 4.31 Å². The second-order valence-electron chi connectivity index (χ2n) is 6.52. The Morgan fingerprint density at radius 2 is 1.74 bits per heavy atom. The Kier molecular flexibility index (Phi) is 6.73. The summed E-state index contributed by atoms with van der Waals surface area (Å²) in [6.07, 6.45) is 1.42. The molecule has 31 heavy (non-hydrogen) atoms. The normalized spacial score (nSPS) is 11.3. The van der Waals surface area contributed by atoms with Crippen molar-refractivity contribution >= 4 is 27.5 Å². The van der Waals surface area contributed by atoms with E-state index in [-0.39, 0.29) is 11.4 Å². The number of primary amides is 1. The van der Waals surface area contributed by atoms with Gasteiger partial charge in [0.1, 0.15) is 11.5 Å². The first-order valence-corrected chi connectivity index (χ1v) is 10.6. The molecule has 3 N–H and O–H groups in total. The van der Waals surface area contributed by atoms with Crippen LogP contribution >= 0.6 is 0 Å².